The summed E-state index contributed by atoms with van der Waals surface area (Å²) in [6.45, 7) is 2.13. The number of ether oxygens (including phenoxy) is 2. The van der Waals surface area contributed by atoms with Gasteiger partial charge in [0.15, 0.2) is 0 Å². The van der Waals surface area contributed by atoms with Crippen LogP contribution in [0.2, 0.25) is 0 Å². The minimum absolute atomic E-state index is 0.0492. The average molecular weight is 377 g/mol. The van der Waals surface area contributed by atoms with Crippen LogP contribution in [0.4, 0.5) is 5.69 Å². The largest absolute Gasteiger partial charge is 0.462 e. The van der Waals surface area contributed by atoms with Crippen molar-refractivity contribution in [2.75, 3.05) is 0 Å². The van der Waals surface area contributed by atoms with E-state index in [4.69, 9.17) is 9.47 Å². The van der Waals surface area contributed by atoms with Crippen LogP contribution in [0, 0.1) is 16.0 Å². The first-order valence-corrected chi connectivity index (χ1v) is 9.65. The van der Waals surface area contributed by atoms with Gasteiger partial charge < -0.3 is 9.47 Å². The molecule has 0 atom stereocenters. The summed E-state index contributed by atoms with van der Waals surface area (Å²) in [6, 6.07) is 5.45. The van der Waals surface area contributed by atoms with Crippen molar-refractivity contribution in [3.8, 4) is 5.75 Å². The summed E-state index contributed by atoms with van der Waals surface area (Å²) in [5.74, 6) is -0.429. The van der Waals surface area contributed by atoms with Crippen LogP contribution in [0.5, 0.6) is 5.75 Å². The Kier molecular flexibility index (Phi) is 8.23. The smallest absolute Gasteiger partial charge is 0.314 e. The molecule has 0 N–H and O–H groups in total. The van der Waals surface area contributed by atoms with Gasteiger partial charge in [0.1, 0.15) is 11.9 Å². The summed E-state index contributed by atoms with van der Waals surface area (Å²) in [6.07, 6.45) is 7.05. The van der Waals surface area contributed by atoms with Crippen molar-refractivity contribution in [2.45, 2.75) is 70.8 Å². The molecule has 1 saturated carbocycles. The molecule has 1 aromatic carbocycles. The average Bonchev–Trinajstić information content (AvgIpc) is 2.66. The van der Waals surface area contributed by atoms with Crippen LogP contribution in [0.25, 0.3) is 0 Å². The molecule has 1 fully saturated rings. The van der Waals surface area contributed by atoms with Gasteiger partial charge in [0, 0.05) is 18.6 Å². The van der Waals surface area contributed by atoms with Gasteiger partial charge in [0.05, 0.1) is 10.8 Å². The van der Waals surface area contributed by atoms with E-state index in [1.165, 1.54) is 24.3 Å². The molecule has 0 aromatic heterocycles. The van der Waals surface area contributed by atoms with Crippen molar-refractivity contribution < 1.29 is 24.0 Å². The molecule has 0 amide bonds. The van der Waals surface area contributed by atoms with E-state index in [1.54, 1.807) is 0 Å². The zero-order chi connectivity index (χ0) is 19.6. The van der Waals surface area contributed by atoms with Gasteiger partial charge in [0.25, 0.3) is 5.69 Å². The lowest BCUT2D eigenvalue weighted by Gasteiger charge is -2.27. The predicted octanol–water partition coefficient (Wildman–Crippen LogP) is 4.57. The van der Waals surface area contributed by atoms with Gasteiger partial charge >= 0.3 is 11.9 Å². The Morgan fingerprint density at radius 3 is 2.33 bits per heavy atom. The Morgan fingerprint density at radius 2 is 1.74 bits per heavy atom. The van der Waals surface area contributed by atoms with Gasteiger partial charge in [0.2, 0.25) is 0 Å². The van der Waals surface area contributed by atoms with Crippen LogP contribution >= 0.6 is 0 Å². The number of nitro groups is 1. The maximum atomic E-state index is 12.3. The van der Waals surface area contributed by atoms with E-state index < -0.39 is 4.92 Å². The van der Waals surface area contributed by atoms with Crippen LogP contribution in [0.3, 0.4) is 0 Å². The SMILES string of the molecule is CCCCCCC(=O)OC1CCC(C(=O)Oc2ccc([N+](=O)[O-])cc2)CC1. The summed E-state index contributed by atoms with van der Waals surface area (Å²) in [7, 11) is 0. The first-order valence-electron chi connectivity index (χ1n) is 9.65. The number of nitro benzene ring substituents is 1. The summed E-state index contributed by atoms with van der Waals surface area (Å²) < 4.78 is 10.8. The van der Waals surface area contributed by atoms with Gasteiger partial charge in [-0.05, 0) is 44.2 Å². The topological polar surface area (TPSA) is 95.7 Å². The fraction of sp³-hybridized carbons (Fsp3) is 0.600. The highest BCUT2D eigenvalue weighted by Crippen LogP contribution is 2.28. The zero-order valence-electron chi connectivity index (χ0n) is 15.7. The van der Waals surface area contributed by atoms with Crippen molar-refractivity contribution in [1.82, 2.24) is 0 Å². The lowest BCUT2D eigenvalue weighted by atomic mass is 9.87. The number of non-ortho nitro benzene ring substituents is 1. The Labute approximate surface area is 159 Å². The van der Waals surface area contributed by atoms with Gasteiger partial charge in [-0.15, -0.1) is 0 Å². The number of esters is 2. The second-order valence-electron chi connectivity index (χ2n) is 6.95. The minimum Gasteiger partial charge on any atom is -0.462 e. The highest BCUT2D eigenvalue weighted by molar-refractivity contribution is 5.75. The van der Waals surface area contributed by atoms with Crippen LogP contribution in [0.15, 0.2) is 24.3 Å². The molecule has 27 heavy (non-hydrogen) atoms. The predicted molar refractivity (Wildman–Crippen MR) is 99.3 cm³/mol. The Morgan fingerprint density at radius 1 is 1.07 bits per heavy atom. The molecule has 1 aromatic rings. The second-order valence-corrected chi connectivity index (χ2v) is 6.95. The van der Waals surface area contributed by atoms with Crippen molar-refractivity contribution in [2.24, 2.45) is 5.92 Å². The van der Waals surface area contributed by atoms with E-state index in [-0.39, 0.29) is 29.6 Å². The number of carbonyl (C=O) groups is 2. The van der Waals surface area contributed by atoms with Crippen molar-refractivity contribution in [3.63, 3.8) is 0 Å². The van der Waals surface area contributed by atoms with Gasteiger partial charge in [-0.1, -0.05) is 26.2 Å². The third kappa shape index (κ3) is 7.00. The molecule has 7 heteroatoms. The first-order chi connectivity index (χ1) is 13.0. The lowest BCUT2D eigenvalue weighted by Crippen LogP contribution is -2.30. The molecule has 0 spiro atoms. The minimum atomic E-state index is -0.502. The summed E-state index contributed by atoms with van der Waals surface area (Å²) in [5, 5.41) is 10.6. The van der Waals surface area contributed by atoms with E-state index >= 15 is 0 Å². The number of hydrogen-bond acceptors (Lipinski definition) is 6. The van der Waals surface area contributed by atoms with Crippen LogP contribution in [-0.4, -0.2) is 23.0 Å². The molecule has 1 aliphatic rings. The molecule has 148 valence electrons. The zero-order valence-corrected chi connectivity index (χ0v) is 15.7. The quantitative estimate of drug-likeness (QED) is 0.206. The van der Waals surface area contributed by atoms with Crippen molar-refractivity contribution in [3.05, 3.63) is 34.4 Å². The molecule has 1 aliphatic carbocycles. The van der Waals surface area contributed by atoms with Gasteiger partial charge in [-0.25, -0.2) is 0 Å². The van der Waals surface area contributed by atoms with E-state index in [1.807, 2.05) is 0 Å². The van der Waals surface area contributed by atoms with Crippen LogP contribution in [-0.2, 0) is 14.3 Å². The van der Waals surface area contributed by atoms with Crippen LogP contribution < -0.4 is 4.74 Å². The van der Waals surface area contributed by atoms with Crippen molar-refractivity contribution in [1.29, 1.82) is 0 Å². The highest BCUT2D eigenvalue weighted by Gasteiger charge is 2.29. The monoisotopic (exact) mass is 377 g/mol. The second kappa shape index (κ2) is 10.6. The summed E-state index contributed by atoms with van der Waals surface area (Å²) in [5.41, 5.74) is -0.0492. The summed E-state index contributed by atoms with van der Waals surface area (Å²) in [4.78, 5) is 34.2. The number of nitrogens with zero attached hydrogens (tertiary/aromatic N) is 1. The summed E-state index contributed by atoms with van der Waals surface area (Å²) >= 11 is 0. The number of benzene rings is 1. The maximum absolute atomic E-state index is 12.3. The molecule has 0 saturated heterocycles. The Balaban J connectivity index is 1.70. The Bertz CT molecular complexity index is 634. The molecule has 2 rings (SSSR count). The molecule has 0 unspecified atom stereocenters. The third-order valence-corrected chi connectivity index (χ3v) is 4.81. The molecular weight excluding hydrogens is 350 g/mol. The molecular formula is C20H27NO6. The van der Waals surface area contributed by atoms with E-state index in [0.29, 0.717) is 37.9 Å². The Hall–Kier alpha value is -2.44. The fourth-order valence-electron chi connectivity index (χ4n) is 3.19. The third-order valence-electron chi connectivity index (χ3n) is 4.81. The molecule has 0 radical (unpaired) electrons. The number of rotatable bonds is 9. The number of unbranched alkanes of at least 4 members (excludes halogenated alkanes) is 3. The maximum Gasteiger partial charge on any atom is 0.314 e. The molecule has 0 heterocycles. The van der Waals surface area contributed by atoms with E-state index in [0.717, 1.165) is 25.7 Å². The fourth-order valence-corrected chi connectivity index (χ4v) is 3.19. The standard InChI is InChI=1S/C20H27NO6/c1-2-3-4-5-6-19(22)26-17-11-7-15(8-12-17)20(23)27-18-13-9-16(10-14-18)21(24)25/h9-10,13-15,17H,2-8,11-12H2,1H3. The number of carbonyl (C=O) groups excluding carboxylic acids is 2. The normalized spacial score (nSPS) is 19.3. The lowest BCUT2D eigenvalue weighted by molar-refractivity contribution is -0.384. The first kappa shape index (κ1) is 20.9. The molecule has 7 nitrogen and oxygen atoms in total. The van der Waals surface area contributed by atoms with Gasteiger partial charge in [-0.2, -0.15) is 0 Å². The van der Waals surface area contributed by atoms with E-state index in [9.17, 15) is 19.7 Å². The molecule has 0 bridgehead atoms. The molecule has 0 aliphatic heterocycles. The van der Waals surface area contributed by atoms with Crippen LogP contribution in [0.1, 0.15) is 64.7 Å². The van der Waals surface area contributed by atoms with Gasteiger partial charge in [-0.3, -0.25) is 19.7 Å². The van der Waals surface area contributed by atoms with E-state index in [2.05, 4.69) is 6.92 Å². The number of hydrogen-bond donors (Lipinski definition) is 0. The van der Waals surface area contributed by atoms with Crippen molar-refractivity contribution >= 4 is 17.6 Å². The highest BCUT2D eigenvalue weighted by atomic mass is 16.6.